The first kappa shape index (κ1) is 13.9. The number of amides is 1. The van der Waals surface area contributed by atoms with Gasteiger partial charge in [-0.15, -0.1) is 0 Å². The molecule has 3 rings (SSSR count). The minimum atomic E-state index is -0.138. The first-order valence-corrected chi connectivity index (χ1v) is 7.43. The van der Waals surface area contributed by atoms with Crippen molar-refractivity contribution in [3.63, 3.8) is 0 Å². The SMILES string of the molecule is CC(C)(C)[C@@H]1c2ccccc2NC(=O)[C@H]1c1ccccc1. The zero-order valence-corrected chi connectivity index (χ0v) is 12.8. The smallest absolute Gasteiger partial charge is 0.232 e. The molecular formula is C19H21NO. The molecule has 0 saturated heterocycles. The number of carbonyl (C=O) groups excluding carboxylic acids is 1. The maximum atomic E-state index is 12.7. The summed E-state index contributed by atoms with van der Waals surface area (Å²) >= 11 is 0. The van der Waals surface area contributed by atoms with Crippen LogP contribution in [0.5, 0.6) is 0 Å². The predicted molar refractivity (Wildman–Crippen MR) is 86.5 cm³/mol. The Morgan fingerprint density at radius 3 is 2.19 bits per heavy atom. The van der Waals surface area contributed by atoms with E-state index in [9.17, 15) is 4.79 Å². The van der Waals surface area contributed by atoms with Gasteiger partial charge in [-0.1, -0.05) is 69.3 Å². The van der Waals surface area contributed by atoms with Gasteiger partial charge in [-0.3, -0.25) is 4.79 Å². The first-order chi connectivity index (χ1) is 9.98. The molecule has 0 radical (unpaired) electrons. The average Bonchev–Trinajstić information content (AvgIpc) is 2.45. The molecule has 0 saturated carbocycles. The van der Waals surface area contributed by atoms with Crippen LogP contribution in [0.25, 0.3) is 0 Å². The summed E-state index contributed by atoms with van der Waals surface area (Å²) in [5, 5.41) is 3.07. The number of rotatable bonds is 1. The molecule has 0 aromatic heterocycles. The number of nitrogens with one attached hydrogen (secondary N) is 1. The minimum absolute atomic E-state index is 0.00830. The number of benzene rings is 2. The van der Waals surface area contributed by atoms with E-state index in [4.69, 9.17) is 0 Å². The Morgan fingerprint density at radius 2 is 1.52 bits per heavy atom. The van der Waals surface area contributed by atoms with E-state index in [0.717, 1.165) is 11.3 Å². The van der Waals surface area contributed by atoms with Crippen LogP contribution in [-0.2, 0) is 4.79 Å². The standard InChI is InChI=1S/C19H21NO/c1-19(2,3)17-14-11-7-8-12-15(14)20-18(21)16(17)13-9-5-4-6-10-13/h4-12,16-17H,1-3H3,(H,20,21)/t16-,17+/m0/s1. The third kappa shape index (κ3) is 2.46. The molecular weight excluding hydrogens is 258 g/mol. The van der Waals surface area contributed by atoms with Crippen LogP contribution >= 0.6 is 0 Å². The summed E-state index contributed by atoms with van der Waals surface area (Å²) in [5.74, 6) is 0.130. The molecule has 1 N–H and O–H groups in total. The summed E-state index contributed by atoms with van der Waals surface area (Å²) in [6.07, 6.45) is 0. The predicted octanol–water partition coefficient (Wildman–Crippen LogP) is 4.55. The summed E-state index contributed by atoms with van der Waals surface area (Å²) < 4.78 is 0. The van der Waals surface area contributed by atoms with Gasteiger partial charge in [-0.2, -0.15) is 0 Å². The van der Waals surface area contributed by atoms with Gasteiger partial charge in [-0.25, -0.2) is 0 Å². The monoisotopic (exact) mass is 279 g/mol. The van der Waals surface area contributed by atoms with Crippen molar-refractivity contribution in [1.29, 1.82) is 0 Å². The van der Waals surface area contributed by atoms with E-state index in [0.29, 0.717) is 0 Å². The van der Waals surface area contributed by atoms with Gasteiger partial charge in [0.1, 0.15) is 0 Å². The van der Waals surface area contributed by atoms with Crippen molar-refractivity contribution in [2.45, 2.75) is 32.6 Å². The number of carbonyl (C=O) groups is 1. The summed E-state index contributed by atoms with van der Waals surface area (Å²) in [6, 6.07) is 18.3. The molecule has 1 heterocycles. The molecule has 108 valence electrons. The normalized spacial score (nSPS) is 21.6. The zero-order valence-electron chi connectivity index (χ0n) is 12.8. The second-order valence-corrected chi connectivity index (χ2v) is 6.81. The number of hydrogen-bond donors (Lipinski definition) is 1. The fourth-order valence-electron chi connectivity index (χ4n) is 3.39. The van der Waals surface area contributed by atoms with E-state index < -0.39 is 0 Å². The number of para-hydroxylation sites is 1. The van der Waals surface area contributed by atoms with Crippen molar-refractivity contribution < 1.29 is 4.79 Å². The second kappa shape index (κ2) is 5.03. The highest BCUT2D eigenvalue weighted by molar-refractivity contribution is 6.00. The van der Waals surface area contributed by atoms with Gasteiger partial charge in [-0.05, 0) is 22.6 Å². The molecule has 1 aliphatic rings. The van der Waals surface area contributed by atoms with Gasteiger partial charge < -0.3 is 5.32 Å². The van der Waals surface area contributed by atoms with Crippen molar-refractivity contribution in [1.82, 2.24) is 0 Å². The lowest BCUT2D eigenvalue weighted by atomic mass is 9.65. The molecule has 0 aliphatic carbocycles. The van der Waals surface area contributed by atoms with Crippen LogP contribution in [0.1, 0.15) is 43.7 Å². The van der Waals surface area contributed by atoms with Crippen LogP contribution < -0.4 is 5.32 Å². The van der Waals surface area contributed by atoms with Gasteiger partial charge in [0.25, 0.3) is 0 Å². The number of fused-ring (bicyclic) bond motifs is 1. The quantitative estimate of drug-likeness (QED) is 0.815. The fraction of sp³-hybridized carbons (Fsp3) is 0.316. The van der Waals surface area contributed by atoms with Crippen LogP contribution in [0.3, 0.4) is 0 Å². The molecule has 1 amide bonds. The molecule has 0 spiro atoms. The largest absolute Gasteiger partial charge is 0.325 e. The lowest BCUT2D eigenvalue weighted by molar-refractivity contribution is -0.119. The topological polar surface area (TPSA) is 29.1 Å². The highest BCUT2D eigenvalue weighted by Gasteiger charge is 2.42. The van der Waals surface area contributed by atoms with Gasteiger partial charge >= 0.3 is 0 Å². The van der Waals surface area contributed by atoms with Crippen LogP contribution in [0.4, 0.5) is 5.69 Å². The molecule has 2 aromatic carbocycles. The van der Waals surface area contributed by atoms with Crippen LogP contribution in [0, 0.1) is 5.41 Å². The highest BCUT2D eigenvalue weighted by atomic mass is 16.2. The number of anilines is 1. The molecule has 2 nitrogen and oxygen atoms in total. The van der Waals surface area contributed by atoms with Crippen molar-refractivity contribution in [3.05, 3.63) is 65.7 Å². The molecule has 2 aromatic rings. The molecule has 21 heavy (non-hydrogen) atoms. The van der Waals surface area contributed by atoms with Crippen molar-refractivity contribution in [3.8, 4) is 0 Å². The Labute approximate surface area is 126 Å². The zero-order chi connectivity index (χ0) is 15.0. The second-order valence-electron chi connectivity index (χ2n) is 6.81. The Morgan fingerprint density at radius 1 is 0.905 bits per heavy atom. The molecule has 0 fully saturated rings. The van der Waals surface area contributed by atoms with Gasteiger partial charge in [0.05, 0.1) is 5.92 Å². The summed E-state index contributed by atoms with van der Waals surface area (Å²) in [5.41, 5.74) is 3.28. The van der Waals surface area contributed by atoms with Crippen molar-refractivity contribution >= 4 is 11.6 Å². The Kier molecular flexibility index (Phi) is 3.32. The maximum absolute atomic E-state index is 12.7. The van der Waals surface area contributed by atoms with E-state index in [1.165, 1.54) is 5.56 Å². The number of hydrogen-bond acceptors (Lipinski definition) is 1. The van der Waals surface area contributed by atoms with E-state index in [1.807, 2.05) is 30.3 Å². The molecule has 2 heteroatoms. The first-order valence-electron chi connectivity index (χ1n) is 7.43. The van der Waals surface area contributed by atoms with E-state index in [1.54, 1.807) is 0 Å². The van der Waals surface area contributed by atoms with Crippen molar-refractivity contribution in [2.75, 3.05) is 5.32 Å². The molecule has 0 bridgehead atoms. The maximum Gasteiger partial charge on any atom is 0.232 e. The van der Waals surface area contributed by atoms with E-state index in [-0.39, 0.29) is 23.2 Å². The minimum Gasteiger partial charge on any atom is -0.325 e. The molecule has 2 atom stereocenters. The Bertz CT molecular complexity index is 655. The van der Waals surface area contributed by atoms with Crippen LogP contribution in [-0.4, -0.2) is 5.91 Å². The van der Waals surface area contributed by atoms with Crippen LogP contribution in [0.2, 0.25) is 0 Å². The lowest BCUT2D eigenvalue weighted by Gasteiger charge is -2.41. The summed E-state index contributed by atoms with van der Waals surface area (Å²) in [4.78, 5) is 12.7. The molecule has 0 unspecified atom stereocenters. The Balaban J connectivity index is 2.17. The summed E-state index contributed by atoms with van der Waals surface area (Å²) in [6.45, 7) is 6.63. The van der Waals surface area contributed by atoms with Gasteiger partial charge in [0, 0.05) is 11.6 Å². The van der Waals surface area contributed by atoms with Crippen molar-refractivity contribution in [2.24, 2.45) is 5.41 Å². The van der Waals surface area contributed by atoms with E-state index >= 15 is 0 Å². The molecule has 1 aliphatic heterocycles. The third-order valence-electron chi connectivity index (χ3n) is 4.26. The average molecular weight is 279 g/mol. The van der Waals surface area contributed by atoms with Gasteiger partial charge in [0.2, 0.25) is 5.91 Å². The van der Waals surface area contributed by atoms with E-state index in [2.05, 4.69) is 50.4 Å². The third-order valence-corrected chi connectivity index (χ3v) is 4.26. The van der Waals surface area contributed by atoms with Gasteiger partial charge in [0.15, 0.2) is 0 Å². The highest BCUT2D eigenvalue weighted by Crippen LogP contribution is 2.50. The van der Waals surface area contributed by atoms with Crippen LogP contribution in [0.15, 0.2) is 54.6 Å². The fourth-order valence-corrected chi connectivity index (χ4v) is 3.39. The Hall–Kier alpha value is -2.09. The lowest BCUT2D eigenvalue weighted by Crippen LogP contribution is -2.37. The summed E-state index contributed by atoms with van der Waals surface area (Å²) in [7, 11) is 0.